The van der Waals surface area contributed by atoms with Crippen LogP contribution in [0, 0.1) is 5.92 Å². The van der Waals surface area contributed by atoms with Crippen LogP contribution in [-0.4, -0.2) is 59.6 Å². The minimum atomic E-state index is -0.936. The Morgan fingerprint density at radius 1 is 1.11 bits per heavy atom. The van der Waals surface area contributed by atoms with Crippen molar-refractivity contribution in [3.05, 3.63) is 70.8 Å². The number of ether oxygens (including phenoxy) is 3. The summed E-state index contributed by atoms with van der Waals surface area (Å²) in [4.78, 5) is 25.9. The fourth-order valence-corrected chi connectivity index (χ4v) is 5.89. The van der Waals surface area contributed by atoms with Crippen molar-refractivity contribution in [3.8, 4) is 0 Å². The Balaban J connectivity index is 1.28. The molecule has 1 aliphatic carbocycles. The van der Waals surface area contributed by atoms with E-state index in [0.717, 1.165) is 30.4 Å². The highest BCUT2D eigenvalue weighted by Crippen LogP contribution is 2.36. The molecule has 0 bridgehead atoms. The van der Waals surface area contributed by atoms with Gasteiger partial charge in [-0.1, -0.05) is 55.5 Å². The first-order chi connectivity index (χ1) is 18.2. The van der Waals surface area contributed by atoms with Crippen LogP contribution in [0.1, 0.15) is 68.9 Å². The van der Waals surface area contributed by atoms with Gasteiger partial charge in [0.1, 0.15) is 6.10 Å². The van der Waals surface area contributed by atoms with Gasteiger partial charge in [-0.3, -0.25) is 4.90 Å². The van der Waals surface area contributed by atoms with E-state index >= 15 is 0 Å². The van der Waals surface area contributed by atoms with Gasteiger partial charge in [0.25, 0.3) is 0 Å². The van der Waals surface area contributed by atoms with Crippen molar-refractivity contribution >= 4 is 12.1 Å². The summed E-state index contributed by atoms with van der Waals surface area (Å²) in [6, 6.07) is 16.6. The molecule has 0 saturated carbocycles. The Kier molecular flexibility index (Phi) is 9.11. The molecular weight excluding hydrogens is 482 g/mol. The number of cyclic esters (lactones) is 1. The number of carbonyl (C=O) groups is 2. The molecule has 1 fully saturated rings. The van der Waals surface area contributed by atoms with E-state index in [1.807, 2.05) is 36.1 Å². The summed E-state index contributed by atoms with van der Waals surface area (Å²) in [5.74, 6) is -0.414. The summed E-state index contributed by atoms with van der Waals surface area (Å²) < 4.78 is 17.5. The highest BCUT2D eigenvalue weighted by atomic mass is 16.6. The van der Waals surface area contributed by atoms with Crippen molar-refractivity contribution in [2.75, 3.05) is 19.8 Å². The summed E-state index contributed by atoms with van der Waals surface area (Å²) >= 11 is 0. The zero-order valence-electron chi connectivity index (χ0n) is 23.0. The molecule has 2 aliphatic rings. The normalized spacial score (nSPS) is 19.3. The van der Waals surface area contributed by atoms with E-state index in [0.29, 0.717) is 38.5 Å². The lowest BCUT2D eigenvalue weighted by atomic mass is 9.87. The number of aliphatic carboxylic acids is 1. The second-order valence-corrected chi connectivity index (χ2v) is 11.2. The van der Waals surface area contributed by atoms with Crippen molar-refractivity contribution in [2.45, 2.75) is 83.6 Å². The first-order valence-electron chi connectivity index (χ1n) is 13.8. The van der Waals surface area contributed by atoms with Crippen molar-refractivity contribution in [1.29, 1.82) is 0 Å². The molecule has 1 unspecified atom stereocenters. The Labute approximate surface area is 226 Å². The number of benzene rings is 2. The topological polar surface area (TPSA) is 85.3 Å². The second-order valence-electron chi connectivity index (χ2n) is 11.2. The smallest absolute Gasteiger partial charge is 0.410 e. The lowest BCUT2D eigenvalue weighted by Crippen LogP contribution is -2.46. The molecule has 38 heavy (non-hydrogen) atoms. The van der Waals surface area contributed by atoms with Gasteiger partial charge in [-0.2, -0.15) is 0 Å². The largest absolute Gasteiger partial charge is 0.479 e. The SMILES string of the molecule is CCC(OCCc1ccccc1[C@@H](C)OC[C@H]1CN(C(C)(C)CC2Cc3ccccc3C2)C(=O)O1)C(=O)O. The minimum Gasteiger partial charge on any atom is -0.479 e. The molecule has 1 N–H and O–H groups in total. The molecule has 3 atom stereocenters. The van der Waals surface area contributed by atoms with Gasteiger partial charge in [0.2, 0.25) is 0 Å². The predicted molar refractivity (Wildman–Crippen MR) is 145 cm³/mol. The van der Waals surface area contributed by atoms with Crippen LogP contribution in [0.4, 0.5) is 4.79 Å². The molecule has 0 radical (unpaired) electrons. The third-order valence-corrected chi connectivity index (χ3v) is 7.89. The van der Waals surface area contributed by atoms with Gasteiger partial charge in [-0.05, 0) is 81.0 Å². The number of carbonyl (C=O) groups excluding carboxylic acids is 1. The van der Waals surface area contributed by atoms with Gasteiger partial charge in [0, 0.05) is 5.54 Å². The molecule has 1 heterocycles. The van der Waals surface area contributed by atoms with E-state index < -0.39 is 12.1 Å². The van der Waals surface area contributed by atoms with Crippen molar-refractivity contribution < 1.29 is 28.9 Å². The quantitative estimate of drug-likeness (QED) is 0.368. The van der Waals surface area contributed by atoms with Crippen LogP contribution in [0.25, 0.3) is 0 Å². The van der Waals surface area contributed by atoms with E-state index in [2.05, 4.69) is 38.1 Å². The van der Waals surface area contributed by atoms with Crippen molar-refractivity contribution in [2.24, 2.45) is 5.92 Å². The predicted octanol–water partition coefficient (Wildman–Crippen LogP) is 5.59. The molecule has 1 saturated heterocycles. The van der Waals surface area contributed by atoms with E-state index in [9.17, 15) is 14.7 Å². The lowest BCUT2D eigenvalue weighted by molar-refractivity contribution is -0.150. The second kappa shape index (κ2) is 12.3. The third-order valence-electron chi connectivity index (χ3n) is 7.89. The third kappa shape index (κ3) is 6.75. The van der Waals surface area contributed by atoms with Gasteiger partial charge in [0.15, 0.2) is 6.10 Å². The highest BCUT2D eigenvalue weighted by Gasteiger charge is 2.42. The molecule has 206 valence electrons. The number of carboxylic acid groups (broad SMARTS) is 1. The number of nitrogens with zero attached hydrogens (tertiary/aromatic N) is 1. The van der Waals surface area contributed by atoms with Crippen LogP contribution < -0.4 is 0 Å². The number of carboxylic acids is 1. The molecule has 2 aromatic carbocycles. The molecule has 4 rings (SSSR count). The van der Waals surface area contributed by atoms with Gasteiger partial charge in [0.05, 0.1) is 25.9 Å². The van der Waals surface area contributed by atoms with Crippen molar-refractivity contribution in [1.82, 2.24) is 4.90 Å². The van der Waals surface area contributed by atoms with Gasteiger partial charge in [-0.25, -0.2) is 9.59 Å². The molecule has 0 spiro atoms. The maximum atomic E-state index is 12.8. The average molecular weight is 524 g/mol. The van der Waals surface area contributed by atoms with Crippen LogP contribution in [0.2, 0.25) is 0 Å². The molecular formula is C31H41NO6. The number of rotatable bonds is 13. The van der Waals surface area contributed by atoms with Crippen LogP contribution in [-0.2, 0) is 38.3 Å². The molecule has 2 aromatic rings. The lowest BCUT2D eigenvalue weighted by Gasteiger charge is -2.35. The highest BCUT2D eigenvalue weighted by molar-refractivity contribution is 5.72. The molecule has 7 heteroatoms. The average Bonchev–Trinajstić information content (AvgIpc) is 3.47. The van der Waals surface area contributed by atoms with Crippen molar-refractivity contribution in [3.63, 3.8) is 0 Å². The fraction of sp³-hybridized carbons (Fsp3) is 0.548. The van der Waals surface area contributed by atoms with E-state index in [1.54, 1.807) is 6.92 Å². The maximum absolute atomic E-state index is 12.8. The number of amides is 1. The summed E-state index contributed by atoms with van der Waals surface area (Å²) in [6.45, 7) is 9.21. The first kappa shape index (κ1) is 28.1. The summed E-state index contributed by atoms with van der Waals surface area (Å²) in [6.07, 6.45) is 2.50. The van der Waals surface area contributed by atoms with E-state index in [-0.39, 0.29) is 23.8 Å². The number of hydrogen-bond acceptors (Lipinski definition) is 5. The maximum Gasteiger partial charge on any atom is 0.410 e. The van der Waals surface area contributed by atoms with E-state index in [1.165, 1.54) is 11.1 Å². The summed E-state index contributed by atoms with van der Waals surface area (Å²) in [7, 11) is 0. The minimum absolute atomic E-state index is 0.203. The molecule has 7 nitrogen and oxygen atoms in total. The van der Waals surface area contributed by atoms with Crippen LogP contribution in [0.5, 0.6) is 0 Å². The van der Waals surface area contributed by atoms with Gasteiger partial charge < -0.3 is 19.3 Å². The molecule has 1 aliphatic heterocycles. The summed E-state index contributed by atoms with van der Waals surface area (Å²) in [5.41, 5.74) is 4.64. The standard InChI is InChI=1S/C31H41NO6/c1-5-28(29(33)34)36-15-14-23-10-8-9-13-27(23)21(2)37-20-26-19-32(30(35)38-26)31(3,4)18-22-16-24-11-6-7-12-25(24)17-22/h6-13,21-22,26,28H,5,14-20H2,1-4H3,(H,33,34)/t21-,26-,28?/m1/s1. The van der Waals surface area contributed by atoms with Gasteiger partial charge in [-0.15, -0.1) is 0 Å². The molecule has 0 aromatic heterocycles. The Bertz CT molecular complexity index is 1090. The Hall–Kier alpha value is -2.90. The van der Waals surface area contributed by atoms with Crippen LogP contribution in [0.15, 0.2) is 48.5 Å². The van der Waals surface area contributed by atoms with Crippen LogP contribution in [0.3, 0.4) is 0 Å². The monoisotopic (exact) mass is 523 g/mol. The van der Waals surface area contributed by atoms with E-state index in [4.69, 9.17) is 14.2 Å². The van der Waals surface area contributed by atoms with Gasteiger partial charge >= 0.3 is 12.1 Å². The fourth-order valence-electron chi connectivity index (χ4n) is 5.89. The zero-order chi connectivity index (χ0) is 27.3. The number of hydrogen-bond donors (Lipinski definition) is 1. The Morgan fingerprint density at radius 2 is 1.76 bits per heavy atom. The number of fused-ring (bicyclic) bond motifs is 1. The summed E-state index contributed by atoms with van der Waals surface area (Å²) in [5, 5.41) is 9.20. The zero-order valence-corrected chi connectivity index (χ0v) is 23.0. The van der Waals surface area contributed by atoms with Crippen LogP contribution >= 0.6 is 0 Å². The first-order valence-corrected chi connectivity index (χ1v) is 13.8. The Morgan fingerprint density at radius 3 is 2.42 bits per heavy atom. The molecule has 1 amide bonds.